The number of benzene rings is 1. The standard InChI is InChI=1S/C14H21FN2O.ClH/c1-11(16)12-6-7-17(10-12)8-9-18-14-4-2-13(15)3-5-14;/h2-5,11-12H,6-10,16H2,1H3;1H. The summed E-state index contributed by atoms with van der Waals surface area (Å²) in [6.07, 6.45) is 1.17. The second-order valence-electron chi connectivity index (χ2n) is 5.01. The van der Waals surface area contributed by atoms with Gasteiger partial charge in [-0.2, -0.15) is 0 Å². The van der Waals surface area contributed by atoms with E-state index in [1.54, 1.807) is 12.1 Å². The zero-order chi connectivity index (χ0) is 13.0. The Labute approximate surface area is 120 Å². The molecule has 1 aromatic rings. The molecule has 2 unspecified atom stereocenters. The summed E-state index contributed by atoms with van der Waals surface area (Å²) in [5.74, 6) is 1.09. The van der Waals surface area contributed by atoms with E-state index in [9.17, 15) is 4.39 Å². The zero-order valence-corrected chi connectivity index (χ0v) is 12.0. The summed E-state index contributed by atoms with van der Waals surface area (Å²) in [4.78, 5) is 2.37. The molecule has 0 saturated carbocycles. The maximum Gasteiger partial charge on any atom is 0.123 e. The van der Waals surface area contributed by atoms with Gasteiger partial charge in [-0.05, 0) is 50.1 Å². The number of nitrogens with zero attached hydrogens (tertiary/aromatic N) is 1. The average molecular weight is 289 g/mol. The van der Waals surface area contributed by atoms with E-state index in [1.807, 2.05) is 0 Å². The van der Waals surface area contributed by atoms with E-state index in [2.05, 4.69) is 11.8 Å². The Balaban J connectivity index is 0.00000180. The first kappa shape index (κ1) is 16.2. The molecule has 0 bridgehead atoms. The highest BCUT2D eigenvalue weighted by molar-refractivity contribution is 5.85. The first-order valence-electron chi connectivity index (χ1n) is 6.51. The van der Waals surface area contributed by atoms with Gasteiger partial charge in [0.2, 0.25) is 0 Å². The molecule has 0 aliphatic carbocycles. The molecule has 2 N–H and O–H groups in total. The molecular weight excluding hydrogens is 267 g/mol. The molecule has 1 saturated heterocycles. The van der Waals surface area contributed by atoms with Crippen molar-refractivity contribution in [2.45, 2.75) is 19.4 Å². The van der Waals surface area contributed by atoms with E-state index in [-0.39, 0.29) is 24.3 Å². The van der Waals surface area contributed by atoms with E-state index in [4.69, 9.17) is 10.5 Å². The maximum atomic E-state index is 12.7. The lowest BCUT2D eigenvalue weighted by Gasteiger charge is -2.17. The van der Waals surface area contributed by atoms with Gasteiger partial charge < -0.3 is 10.5 Å². The van der Waals surface area contributed by atoms with Gasteiger partial charge in [0.1, 0.15) is 18.2 Å². The summed E-state index contributed by atoms with van der Waals surface area (Å²) in [6, 6.07) is 6.41. The van der Waals surface area contributed by atoms with Gasteiger partial charge in [-0.25, -0.2) is 4.39 Å². The Morgan fingerprint density at radius 1 is 1.42 bits per heavy atom. The molecule has 0 amide bonds. The van der Waals surface area contributed by atoms with Crippen molar-refractivity contribution in [1.82, 2.24) is 4.90 Å². The molecule has 2 rings (SSSR count). The number of hydrogen-bond acceptors (Lipinski definition) is 3. The number of rotatable bonds is 5. The Bertz CT molecular complexity index is 372. The Morgan fingerprint density at radius 2 is 2.11 bits per heavy atom. The van der Waals surface area contributed by atoms with Gasteiger partial charge in [0.15, 0.2) is 0 Å². The molecule has 1 aliphatic heterocycles. The van der Waals surface area contributed by atoms with Crippen LogP contribution in [0.1, 0.15) is 13.3 Å². The van der Waals surface area contributed by atoms with E-state index in [1.165, 1.54) is 18.6 Å². The monoisotopic (exact) mass is 288 g/mol. The van der Waals surface area contributed by atoms with Crippen LogP contribution in [0.2, 0.25) is 0 Å². The lowest BCUT2D eigenvalue weighted by atomic mass is 10.0. The summed E-state index contributed by atoms with van der Waals surface area (Å²) >= 11 is 0. The fourth-order valence-electron chi connectivity index (χ4n) is 2.32. The van der Waals surface area contributed by atoms with Crippen LogP contribution in [0.3, 0.4) is 0 Å². The van der Waals surface area contributed by atoms with Gasteiger partial charge >= 0.3 is 0 Å². The molecule has 1 aromatic carbocycles. The van der Waals surface area contributed by atoms with Crippen LogP contribution in [0.15, 0.2) is 24.3 Å². The molecular formula is C14H22ClFN2O. The molecule has 5 heteroatoms. The SMILES string of the molecule is CC(N)C1CCN(CCOc2ccc(F)cc2)C1.Cl. The van der Waals surface area contributed by atoms with Gasteiger partial charge in [-0.3, -0.25) is 4.90 Å². The van der Waals surface area contributed by atoms with Gasteiger partial charge in [0, 0.05) is 19.1 Å². The third-order valence-electron chi connectivity index (χ3n) is 3.54. The summed E-state index contributed by atoms with van der Waals surface area (Å²) in [5, 5.41) is 0. The van der Waals surface area contributed by atoms with Crippen molar-refractivity contribution in [2.24, 2.45) is 11.7 Å². The molecule has 1 aliphatic rings. The van der Waals surface area contributed by atoms with Crippen molar-refractivity contribution in [3.8, 4) is 5.75 Å². The molecule has 3 nitrogen and oxygen atoms in total. The van der Waals surface area contributed by atoms with Crippen LogP contribution in [-0.2, 0) is 0 Å². The maximum absolute atomic E-state index is 12.7. The second-order valence-corrected chi connectivity index (χ2v) is 5.01. The van der Waals surface area contributed by atoms with Crippen LogP contribution < -0.4 is 10.5 Å². The predicted octanol–water partition coefficient (Wildman–Crippen LogP) is 2.30. The van der Waals surface area contributed by atoms with Crippen LogP contribution in [0.5, 0.6) is 5.75 Å². The Hall–Kier alpha value is -0.840. The van der Waals surface area contributed by atoms with Crippen LogP contribution in [0, 0.1) is 11.7 Å². The summed E-state index contributed by atoms with van der Waals surface area (Å²) in [7, 11) is 0. The van der Waals surface area contributed by atoms with Crippen LogP contribution in [0.4, 0.5) is 4.39 Å². The van der Waals surface area contributed by atoms with Crippen molar-refractivity contribution in [1.29, 1.82) is 0 Å². The van der Waals surface area contributed by atoms with E-state index < -0.39 is 0 Å². The van der Waals surface area contributed by atoms with E-state index >= 15 is 0 Å². The topological polar surface area (TPSA) is 38.5 Å². The molecule has 108 valence electrons. The summed E-state index contributed by atoms with van der Waals surface area (Å²) < 4.78 is 18.3. The zero-order valence-electron chi connectivity index (χ0n) is 11.2. The normalized spacial score (nSPS) is 20.9. The van der Waals surface area contributed by atoms with Crippen LogP contribution in [-0.4, -0.2) is 37.2 Å². The number of ether oxygens (including phenoxy) is 1. The molecule has 0 spiro atoms. The van der Waals surface area contributed by atoms with Crippen molar-refractivity contribution in [2.75, 3.05) is 26.2 Å². The average Bonchev–Trinajstić information content (AvgIpc) is 2.81. The first-order valence-corrected chi connectivity index (χ1v) is 6.51. The van der Waals surface area contributed by atoms with Crippen molar-refractivity contribution in [3.05, 3.63) is 30.1 Å². The minimum Gasteiger partial charge on any atom is -0.492 e. The first-order chi connectivity index (χ1) is 8.65. The highest BCUT2D eigenvalue weighted by Crippen LogP contribution is 2.18. The number of nitrogens with two attached hydrogens (primary N) is 1. The molecule has 2 atom stereocenters. The van der Waals surface area contributed by atoms with Gasteiger partial charge in [-0.15, -0.1) is 12.4 Å². The second kappa shape index (κ2) is 7.68. The van der Waals surface area contributed by atoms with Crippen molar-refractivity contribution < 1.29 is 9.13 Å². The molecule has 19 heavy (non-hydrogen) atoms. The van der Waals surface area contributed by atoms with Crippen LogP contribution in [0.25, 0.3) is 0 Å². The molecule has 0 aromatic heterocycles. The largest absolute Gasteiger partial charge is 0.492 e. The highest BCUT2D eigenvalue weighted by Gasteiger charge is 2.24. The quantitative estimate of drug-likeness (QED) is 0.903. The van der Waals surface area contributed by atoms with Gasteiger partial charge in [-0.1, -0.05) is 0 Å². The third-order valence-corrected chi connectivity index (χ3v) is 3.54. The summed E-state index contributed by atoms with van der Waals surface area (Å²) in [5.41, 5.74) is 5.90. The fraction of sp³-hybridized carbons (Fsp3) is 0.571. The minimum absolute atomic E-state index is 0. The molecule has 0 radical (unpaired) electrons. The number of likely N-dealkylation sites (tertiary alicyclic amines) is 1. The summed E-state index contributed by atoms with van der Waals surface area (Å²) in [6.45, 7) is 5.77. The lowest BCUT2D eigenvalue weighted by molar-refractivity contribution is 0.230. The third kappa shape index (κ3) is 4.97. The van der Waals surface area contributed by atoms with E-state index in [0.717, 1.165) is 25.4 Å². The van der Waals surface area contributed by atoms with E-state index in [0.29, 0.717) is 12.5 Å². The Morgan fingerprint density at radius 3 is 2.68 bits per heavy atom. The number of hydrogen-bond donors (Lipinski definition) is 1. The fourth-order valence-corrected chi connectivity index (χ4v) is 2.32. The molecule has 1 heterocycles. The van der Waals surface area contributed by atoms with Gasteiger partial charge in [0.25, 0.3) is 0 Å². The molecule has 1 fully saturated rings. The predicted molar refractivity (Wildman–Crippen MR) is 77.3 cm³/mol. The highest BCUT2D eigenvalue weighted by atomic mass is 35.5. The van der Waals surface area contributed by atoms with Gasteiger partial charge in [0.05, 0.1) is 0 Å². The number of halogens is 2. The Kier molecular flexibility index (Phi) is 6.55. The van der Waals surface area contributed by atoms with Crippen molar-refractivity contribution >= 4 is 12.4 Å². The lowest BCUT2D eigenvalue weighted by Crippen LogP contribution is -2.31. The van der Waals surface area contributed by atoms with Crippen molar-refractivity contribution in [3.63, 3.8) is 0 Å². The van der Waals surface area contributed by atoms with Crippen LogP contribution >= 0.6 is 12.4 Å². The smallest absolute Gasteiger partial charge is 0.123 e. The minimum atomic E-state index is -0.235.